The maximum atomic E-state index is 12.7. The maximum absolute atomic E-state index is 12.7. The fraction of sp³-hybridized carbons (Fsp3) is 0.238. The third-order valence-electron chi connectivity index (χ3n) is 5.23. The van der Waals surface area contributed by atoms with Crippen LogP contribution in [0.15, 0.2) is 39.5 Å². The van der Waals surface area contributed by atoms with Gasteiger partial charge in [0.1, 0.15) is 35.0 Å². The van der Waals surface area contributed by atoms with Crippen LogP contribution in [0, 0.1) is 0 Å². The topological polar surface area (TPSA) is 228 Å². The van der Waals surface area contributed by atoms with E-state index in [0.29, 0.717) is 0 Å². The number of phenols is 4. The summed E-state index contributed by atoms with van der Waals surface area (Å²) in [5, 5.41) is 78.4. The molecule has 0 radical (unpaired) electrons. The van der Waals surface area contributed by atoms with Gasteiger partial charge in [-0.05, 0) is 18.2 Å². The van der Waals surface area contributed by atoms with Crippen LogP contribution < -0.4 is 10.2 Å². The summed E-state index contributed by atoms with van der Waals surface area (Å²) in [6, 6.07) is 5.48. The molecule has 0 saturated carbocycles. The van der Waals surface area contributed by atoms with E-state index in [0.717, 1.165) is 24.3 Å². The first-order valence-electron chi connectivity index (χ1n) is 9.64. The van der Waals surface area contributed by atoms with Gasteiger partial charge in [-0.2, -0.15) is 0 Å². The third kappa shape index (κ3) is 3.82. The van der Waals surface area contributed by atoms with Crippen molar-refractivity contribution in [1.82, 2.24) is 0 Å². The number of aliphatic hydroxyl groups excluding tert-OH is 3. The Kier molecular flexibility index (Phi) is 5.70. The van der Waals surface area contributed by atoms with Crippen LogP contribution in [0.4, 0.5) is 0 Å². The lowest BCUT2D eigenvalue weighted by molar-refractivity contribution is -0.271. The third-order valence-corrected chi connectivity index (χ3v) is 5.23. The summed E-state index contributed by atoms with van der Waals surface area (Å²) >= 11 is 0. The lowest BCUT2D eigenvalue weighted by Crippen LogP contribution is -2.61. The number of rotatable bonds is 4. The average molecular weight is 478 g/mol. The van der Waals surface area contributed by atoms with Crippen molar-refractivity contribution >= 4 is 16.9 Å². The number of hydrogen-bond donors (Lipinski definition) is 8. The molecule has 3 aromatic rings. The smallest absolute Gasteiger partial charge is 0.335 e. The highest BCUT2D eigenvalue weighted by molar-refractivity contribution is 5.89. The molecule has 1 aliphatic rings. The number of carboxylic acids is 1. The number of benzene rings is 2. The van der Waals surface area contributed by atoms with E-state index in [1.807, 2.05) is 0 Å². The number of carbonyl (C=O) groups is 1. The van der Waals surface area contributed by atoms with Gasteiger partial charge in [0.15, 0.2) is 34.5 Å². The lowest BCUT2D eigenvalue weighted by Gasteiger charge is -2.38. The standard InChI is InChI=1S/C21H18O13/c22-7-2-1-6(3-8(7)23)11-4-9(24)13-12(32-11)5-10(25)18(14(13)26)33-21-17(29)15(27)16(28)19(34-21)20(30)31/h1-5,15-17,19,21-23,25-29H,(H,30,31)/t15-,16-,17+,19-,21-/m1/s1. The van der Waals surface area contributed by atoms with Gasteiger partial charge in [-0.1, -0.05) is 0 Å². The van der Waals surface area contributed by atoms with Gasteiger partial charge < -0.3 is 54.7 Å². The number of aliphatic carboxylic acids is 1. The van der Waals surface area contributed by atoms with Crippen LogP contribution in [0.1, 0.15) is 0 Å². The Hall–Kier alpha value is -4.04. The lowest BCUT2D eigenvalue weighted by atomic mass is 9.99. The highest BCUT2D eigenvalue weighted by atomic mass is 16.7. The van der Waals surface area contributed by atoms with Gasteiger partial charge in [0.25, 0.3) is 0 Å². The predicted octanol–water partition coefficient (Wildman–Crippen LogP) is -0.447. The Balaban J connectivity index is 1.75. The van der Waals surface area contributed by atoms with Crippen LogP contribution in [-0.2, 0) is 9.53 Å². The van der Waals surface area contributed by atoms with Crippen LogP contribution in [0.3, 0.4) is 0 Å². The van der Waals surface area contributed by atoms with Gasteiger partial charge in [-0.15, -0.1) is 0 Å². The summed E-state index contributed by atoms with van der Waals surface area (Å²) < 4.78 is 15.7. The van der Waals surface area contributed by atoms with Gasteiger partial charge in [-0.25, -0.2) is 4.79 Å². The molecule has 13 heteroatoms. The van der Waals surface area contributed by atoms with E-state index in [-0.39, 0.29) is 16.9 Å². The summed E-state index contributed by atoms with van der Waals surface area (Å²) in [4.78, 5) is 23.9. The summed E-state index contributed by atoms with van der Waals surface area (Å²) in [5.41, 5.74) is -0.920. The van der Waals surface area contributed by atoms with Gasteiger partial charge in [0, 0.05) is 17.7 Å². The number of aromatic hydroxyl groups is 4. The van der Waals surface area contributed by atoms with E-state index >= 15 is 0 Å². The van der Waals surface area contributed by atoms with Crippen molar-refractivity contribution in [3.63, 3.8) is 0 Å². The molecule has 1 aliphatic heterocycles. The van der Waals surface area contributed by atoms with Crippen LogP contribution in [-0.4, -0.2) is 77.5 Å². The molecule has 0 bridgehead atoms. The summed E-state index contributed by atoms with van der Waals surface area (Å²) in [7, 11) is 0. The second-order valence-corrected chi connectivity index (χ2v) is 7.48. The monoisotopic (exact) mass is 478 g/mol. The van der Waals surface area contributed by atoms with E-state index in [9.17, 15) is 45.3 Å². The van der Waals surface area contributed by atoms with Crippen molar-refractivity contribution in [2.24, 2.45) is 0 Å². The van der Waals surface area contributed by atoms with Crippen molar-refractivity contribution in [2.45, 2.75) is 30.7 Å². The van der Waals surface area contributed by atoms with Crippen molar-refractivity contribution < 1.29 is 59.5 Å². The van der Waals surface area contributed by atoms with Crippen molar-refractivity contribution in [1.29, 1.82) is 0 Å². The highest BCUT2D eigenvalue weighted by Crippen LogP contribution is 2.43. The first kappa shape index (κ1) is 23.1. The quantitative estimate of drug-likeness (QED) is 0.223. The molecule has 1 aromatic heterocycles. The fourth-order valence-electron chi connectivity index (χ4n) is 3.47. The number of phenolic OH excluding ortho intramolecular Hbond substituents is 4. The molecule has 13 nitrogen and oxygen atoms in total. The summed E-state index contributed by atoms with van der Waals surface area (Å²) in [6.07, 6.45) is -9.93. The number of ether oxygens (including phenoxy) is 2. The average Bonchev–Trinajstić information content (AvgIpc) is 2.77. The zero-order chi connectivity index (χ0) is 24.9. The van der Waals surface area contributed by atoms with Crippen LogP contribution in [0.5, 0.6) is 28.7 Å². The fourth-order valence-corrected chi connectivity index (χ4v) is 3.47. The van der Waals surface area contributed by atoms with Gasteiger partial charge in [0.2, 0.25) is 12.0 Å². The minimum atomic E-state index is -2.00. The molecule has 1 saturated heterocycles. The molecular weight excluding hydrogens is 460 g/mol. The van der Waals surface area contributed by atoms with Crippen LogP contribution >= 0.6 is 0 Å². The number of aliphatic hydroxyl groups is 3. The minimum absolute atomic E-state index is 0.0762. The molecule has 34 heavy (non-hydrogen) atoms. The van der Waals surface area contributed by atoms with E-state index in [1.165, 1.54) is 6.07 Å². The zero-order valence-electron chi connectivity index (χ0n) is 16.9. The molecule has 2 aromatic carbocycles. The molecule has 0 unspecified atom stereocenters. The minimum Gasteiger partial charge on any atom is -0.504 e. The number of hydrogen-bond acceptors (Lipinski definition) is 12. The second-order valence-electron chi connectivity index (χ2n) is 7.48. The Morgan fingerprint density at radius 3 is 2.24 bits per heavy atom. The Bertz CT molecular complexity index is 1330. The Morgan fingerprint density at radius 2 is 1.59 bits per heavy atom. The highest BCUT2D eigenvalue weighted by Gasteiger charge is 2.48. The normalized spacial score (nSPS) is 24.7. The van der Waals surface area contributed by atoms with Gasteiger partial charge in [-0.3, -0.25) is 4.79 Å². The molecule has 180 valence electrons. The second kappa shape index (κ2) is 8.39. The molecule has 4 rings (SSSR count). The largest absolute Gasteiger partial charge is 0.504 e. The molecule has 1 fully saturated rings. The number of fused-ring (bicyclic) bond motifs is 1. The zero-order valence-corrected chi connectivity index (χ0v) is 16.9. The first-order valence-corrected chi connectivity index (χ1v) is 9.64. The van der Waals surface area contributed by atoms with E-state index in [1.54, 1.807) is 0 Å². The molecule has 2 heterocycles. The Morgan fingerprint density at radius 1 is 0.882 bits per heavy atom. The van der Waals surface area contributed by atoms with Crippen molar-refractivity contribution in [3.8, 4) is 40.1 Å². The molecule has 0 amide bonds. The van der Waals surface area contributed by atoms with Crippen molar-refractivity contribution in [3.05, 3.63) is 40.6 Å². The number of carboxylic acid groups (broad SMARTS) is 1. The van der Waals surface area contributed by atoms with Gasteiger partial charge >= 0.3 is 5.97 Å². The van der Waals surface area contributed by atoms with E-state index in [2.05, 4.69) is 0 Å². The molecule has 0 spiro atoms. The molecular formula is C21H18O13. The maximum Gasteiger partial charge on any atom is 0.335 e. The van der Waals surface area contributed by atoms with E-state index < -0.39 is 76.2 Å². The summed E-state index contributed by atoms with van der Waals surface area (Å²) in [5.74, 6) is -5.16. The first-order chi connectivity index (χ1) is 16.0. The van der Waals surface area contributed by atoms with Crippen molar-refractivity contribution in [2.75, 3.05) is 0 Å². The molecule has 8 N–H and O–H groups in total. The molecule has 5 atom stereocenters. The Labute approximate surface area is 188 Å². The summed E-state index contributed by atoms with van der Waals surface area (Å²) in [6.45, 7) is 0. The SMILES string of the molecule is O=C(O)[C@@H]1O[C@@H](Oc2c(O)cc3oc(-c4ccc(O)c(O)c4)cc(=O)c3c2O)[C@@H](O)[C@H](O)[C@H]1O. The van der Waals surface area contributed by atoms with Crippen LogP contribution in [0.25, 0.3) is 22.3 Å². The van der Waals surface area contributed by atoms with Gasteiger partial charge in [0.05, 0.1) is 0 Å². The predicted molar refractivity (Wildman–Crippen MR) is 110 cm³/mol. The molecule has 0 aliphatic carbocycles. The van der Waals surface area contributed by atoms with Crippen LogP contribution in [0.2, 0.25) is 0 Å². The van der Waals surface area contributed by atoms with E-state index in [4.69, 9.17) is 19.0 Å².